The molecule has 6 heteroatoms. The first-order valence-electron chi connectivity index (χ1n) is 5.84. The van der Waals surface area contributed by atoms with Crippen LogP contribution in [0.25, 0.3) is 0 Å². The predicted molar refractivity (Wildman–Crippen MR) is 79.1 cm³/mol. The van der Waals surface area contributed by atoms with Crippen molar-refractivity contribution in [3.63, 3.8) is 0 Å². The Morgan fingerprint density at radius 1 is 1.21 bits per heavy atom. The minimum Gasteiger partial charge on any atom is -0.379 e. The van der Waals surface area contributed by atoms with Gasteiger partial charge in [0.2, 0.25) is 10.0 Å². The van der Waals surface area contributed by atoms with Gasteiger partial charge in [-0.25, -0.2) is 13.1 Å². The van der Waals surface area contributed by atoms with Crippen LogP contribution in [0.15, 0.2) is 40.6 Å². The Balaban J connectivity index is 2.24. The molecule has 4 nitrogen and oxygen atoms in total. The second kappa shape index (κ2) is 5.73. The fourth-order valence-electron chi connectivity index (χ4n) is 1.72. The minimum atomic E-state index is -3.44. The van der Waals surface area contributed by atoms with Gasteiger partial charge in [-0.1, -0.05) is 12.1 Å². The minimum absolute atomic E-state index is 0.270. The quantitative estimate of drug-likeness (QED) is 0.891. The molecule has 0 saturated heterocycles. The molecule has 0 aliphatic rings. The first-order valence-corrected chi connectivity index (χ1v) is 8.20. The summed E-state index contributed by atoms with van der Waals surface area (Å²) in [5.41, 5.74) is 1.83. The summed E-state index contributed by atoms with van der Waals surface area (Å²) in [5, 5.41) is 5.22. The molecular weight excluding hydrogens is 280 g/mol. The molecule has 102 valence electrons. The van der Waals surface area contributed by atoms with E-state index in [0.717, 1.165) is 0 Å². The van der Waals surface area contributed by atoms with Crippen molar-refractivity contribution in [3.05, 3.63) is 46.2 Å². The van der Waals surface area contributed by atoms with E-state index in [1.54, 1.807) is 29.5 Å². The maximum Gasteiger partial charge on any atom is 0.242 e. The molecule has 0 fully saturated rings. The largest absolute Gasteiger partial charge is 0.379 e. The standard InChI is InChI=1S/C13H16N2O2S2/c1-10-7-8-18-12(10)9-15-11-5-3-4-6-13(11)19(16,17)14-2/h3-8,14-15H,9H2,1-2H3. The maximum absolute atomic E-state index is 11.9. The van der Waals surface area contributed by atoms with Crippen LogP contribution in [0.3, 0.4) is 0 Å². The summed E-state index contributed by atoms with van der Waals surface area (Å²) >= 11 is 1.66. The lowest BCUT2D eigenvalue weighted by Gasteiger charge is -2.11. The lowest BCUT2D eigenvalue weighted by atomic mass is 10.2. The fraction of sp³-hybridized carbons (Fsp3) is 0.231. The van der Waals surface area contributed by atoms with Crippen LogP contribution in [0, 0.1) is 6.92 Å². The smallest absolute Gasteiger partial charge is 0.242 e. The average molecular weight is 296 g/mol. The van der Waals surface area contributed by atoms with Gasteiger partial charge >= 0.3 is 0 Å². The number of benzene rings is 1. The SMILES string of the molecule is CNS(=O)(=O)c1ccccc1NCc1sccc1C. The van der Waals surface area contributed by atoms with E-state index in [9.17, 15) is 8.42 Å². The van der Waals surface area contributed by atoms with Gasteiger partial charge in [0.05, 0.1) is 5.69 Å². The summed E-state index contributed by atoms with van der Waals surface area (Å²) in [6.45, 7) is 2.67. The molecule has 2 N–H and O–H groups in total. The highest BCUT2D eigenvalue weighted by atomic mass is 32.2. The Bertz CT molecular complexity index is 663. The molecule has 2 aromatic rings. The lowest BCUT2D eigenvalue weighted by Crippen LogP contribution is -2.20. The summed E-state index contributed by atoms with van der Waals surface area (Å²) in [4.78, 5) is 1.48. The molecule has 0 radical (unpaired) electrons. The van der Waals surface area contributed by atoms with Crippen molar-refractivity contribution in [1.82, 2.24) is 4.72 Å². The van der Waals surface area contributed by atoms with Crippen LogP contribution in [0.4, 0.5) is 5.69 Å². The Morgan fingerprint density at radius 3 is 2.58 bits per heavy atom. The third-order valence-corrected chi connectivity index (χ3v) is 5.35. The van der Waals surface area contributed by atoms with Crippen molar-refractivity contribution in [1.29, 1.82) is 0 Å². The number of hydrogen-bond acceptors (Lipinski definition) is 4. The molecule has 19 heavy (non-hydrogen) atoms. The highest BCUT2D eigenvalue weighted by Crippen LogP contribution is 2.23. The molecule has 0 saturated carbocycles. The van der Waals surface area contributed by atoms with Gasteiger partial charge in [-0.2, -0.15) is 0 Å². The number of nitrogens with one attached hydrogen (secondary N) is 2. The summed E-state index contributed by atoms with van der Waals surface area (Å²) in [5.74, 6) is 0. The number of rotatable bonds is 5. The van der Waals surface area contributed by atoms with Gasteiger partial charge in [-0.05, 0) is 43.1 Å². The summed E-state index contributed by atoms with van der Waals surface area (Å²) < 4.78 is 26.1. The van der Waals surface area contributed by atoms with Crippen molar-refractivity contribution >= 4 is 27.0 Å². The van der Waals surface area contributed by atoms with E-state index in [4.69, 9.17) is 0 Å². The average Bonchev–Trinajstić information content (AvgIpc) is 2.82. The molecule has 1 aromatic carbocycles. The van der Waals surface area contributed by atoms with Gasteiger partial charge in [-0.15, -0.1) is 11.3 Å². The summed E-state index contributed by atoms with van der Waals surface area (Å²) in [6, 6.07) is 8.95. The number of anilines is 1. The highest BCUT2D eigenvalue weighted by Gasteiger charge is 2.15. The van der Waals surface area contributed by atoms with Crippen molar-refractivity contribution in [3.8, 4) is 0 Å². The molecule has 2 rings (SSSR count). The Morgan fingerprint density at radius 2 is 1.95 bits per heavy atom. The molecule has 0 aliphatic heterocycles. The molecule has 0 unspecified atom stereocenters. The lowest BCUT2D eigenvalue weighted by molar-refractivity contribution is 0.588. The molecule has 1 heterocycles. The number of hydrogen-bond donors (Lipinski definition) is 2. The number of thiophene rings is 1. The summed E-state index contributed by atoms with van der Waals surface area (Å²) in [6.07, 6.45) is 0. The van der Waals surface area contributed by atoms with Gasteiger partial charge in [-0.3, -0.25) is 0 Å². The van der Waals surface area contributed by atoms with Crippen LogP contribution in [0.1, 0.15) is 10.4 Å². The first-order chi connectivity index (χ1) is 9.04. The van der Waals surface area contributed by atoms with Crippen molar-refractivity contribution in [2.24, 2.45) is 0 Å². The molecule has 0 atom stereocenters. The fourth-order valence-corrected chi connectivity index (χ4v) is 3.47. The van der Waals surface area contributed by atoms with E-state index in [2.05, 4.69) is 16.1 Å². The second-order valence-corrected chi connectivity index (χ2v) is 6.94. The zero-order valence-electron chi connectivity index (χ0n) is 10.8. The third-order valence-electron chi connectivity index (χ3n) is 2.85. The predicted octanol–water partition coefficient (Wildman–Crippen LogP) is 2.58. The van der Waals surface area contributed by atoms with Crippen LogP contribution in [0.2, 0.25) is 0 Å². The highest BCUT2D eigenvalue weighted by molar-refractivity contribution is 7.89. The van der Waals surface area contributed by atoms with Crippen molar-refractivity contribution in [2.75, 3.05) is 12.4 Å². The van der Waals surface area contributed by atoms with Crippen molar-refractivity contribution in [2.45, 2.75) is 18.4 Å². The van der Waals surface area contributed by atoms with Crippen LogP contribution in [0.5, 0.6) is 0 Å². The summed E-state index contributed by atoms with van der Waals surface area (Å²) in [7, 11) is -2.03. The van der Waals surface area contributed by atoms with E-state index in [1.165, 1.54) is 17.5 Å². The van der Waals surface area contributed by atoms with Gasteiger partial charge in [0, 0.05) is 11.4 Å². The molecule has 0 spiro atoms. The Hall–Kier alpha value is -1.37. The Kier molecular flexibility index (Phi) is 4.24. The van der Waals surface area contributed by atoms with Gasteiger partial charge in [0.25, 0.3) is 0 Å². The van der Waals surface area contributed by atoms with Crippen LogP contribution in [-0.2, 0) is 16.6 Å². The number of aryl methyl sites for hydroxylation is 1. The van der Waals surface area contributed by atoms with E-state index in [0.29, 0.717) is 12.2 Å². The van der Waals surface area contributed by atoms with E-state index in [-0.39, 0.29) is 4.90 Å². The van der Waals surface area contributed by atoms with Crippen LogP contribution in [-0.4, -0.2) is 15.5 Å². The monoisotopic (exact) mass is 296 g/mol. The van der Waals surface area contributed by atoms with E-state index in [1.807, 2.05) is 18.4 Å². The van der Waals surface area contributed by atoms with E-state index >= 15 is 0 Å². The number of para-hydroxylation sites is 1. The Labute approximate surface area is 117 Å². The molecule has 0 aliphatic carbocycles. The van der Waals surface area contributed by atoms with Crippen LogP contribution >= 0.6 is 11.3 Å². The maximum atomic E-state index is 11.9. The van der Waals surface area contributed by atoms with Gasteiger partial charge < -0.3 is 5.32 Å². The first kappa shape index (κ1) is 14.0. The molecule has 0 bridgehead atoms. The zero-order chi connectivity index (χ0) is 13.9. The molecular formula is C13H16N2O2S2. The van der Waals surface area contributed by atoms with Crippen molar-refractivity contribution < 1.29 is 8.42 Å². The molecule has 1 aromatic heterocycles. The van der Waals surface area contributed by atoms with Gasteiger partial charge in [0.1, 0.15) is 4.90 Å². The normalized spacial score (nSPS) is 11.5. The number of sulfonamides is 1. The molecule has 0 amide bonds. The second-order valence-electron chi connectivity index (χ2n) is 4.08. The zero-order valence-corrected chi connectivity index (χ0v) is 12.4. The topological polar surface area (TPSA) is 58.2 Å². The van der Waals surface area contributed by atoms with Gasteiger partial charge in [0.15, 0.2) is 0 Å². The third kappa shape index (κ3) is 3.15. The van der Waals surface area contributed by atoms with E-state index < -0.39 is 10.0 Å². The van der Waals surface area contributed by atoms with Crippen LogP contribution < -0.4 is 10.0 Å².